The summed E-state index contributed by atoms with van der Waals surface area (Å²) in [5.41, 5.74) is 0.466. The number of carbonyl (C=O) groups excluding carboxylic acids is 1. The van der Waals surface area contributed by atoms with Crippen LogP contribution in [0.1, 0.15) is 32.6 Å². The standard InChI is InChI=1S/C13H26O3Si/c1-12(2)13(14)15-10-8-6-7-9-11-16-17(3,4)5/h1,6-11H2,2-5H3. The largest absolute Gasteiger partial charge is 0.462 e. The first-order valence-electron chi connectivity index (χ1n) is 6.29. The van der Waals surface area contributed by atoms with E-state index in [1.54, 1.807) is 6.92 Å². The van der Waals surface area contributed by atoms with Gasteiger partial charge < -0.3 is 9.16 Å². The minimum Gasteiger partial charge on any atom is -0.462 e. The highest BCUT2D eigenvalue weighted by Gasteiger charge is 2.12. The summed E-state index contributed by atoms with van der Waals surface area (Å²) in [6, 6.07) is 0. The van der Waals surface area contributed by atoms with Gasteiger partial charge in [-0.3, -0.25) is 0 Å². The van der Waals surface area contributed by atoms with Gasteiger partial charge in [0.15, 0.2) is 8.32 Å². The molecule has 3 nitrogen and oxygen atoms in total. The van der Waals surface area contributed by atoms with E-state index in [0.29, 0.717) is 12.2 Å². The van der Waals surface area contributed by atoms with Gasteiger partial charge in [0, 0.05) is 12.2 Å². The molecule has 0 saturated heterocycles. The SMILES string of the molecule is C=C(C)C(=O)OCCCCCCO[Si](C)(C)C. The van der Waals surface area contributed by atoms with Crippen molar-refractivity contribution in [2.24, 2.45) is 0 Å². The van der Waals surface area contributed by atoms with Gasteiger partial charge in [0.2, 0.25) is 0 Å². The molecule has 0 amide bonds. The van der Waals surface area contributed by atoms with Crippen molar-refractivity contribution in [2.75, 3.05) is 13.2 Å². The number of hydrogen-bond donors (Lipinski definition) is 0. The van der Waals surface area contributed by atoms with Gasteiger partial charge >= 0.3 is 5.97 Å². The highest BCUT2D eigenvalue weighted by atomic mass is 28.4. The zero-order chi connectivity index (χ0) is 13.3. The molecular formula is C13H26O3Si. The van der Waals surface area contributed by atoms with Crippen LogP contribution in [0.5, 0.6) is 0 Å². The average molecular weight is 258 g/mol. The number of carbonyl (C=O) groups is 1. The number of esters is 1. The second-order valence-electron chi connectivity index (χ2n) is 5.29. The molecule has 0 aromatic heterocycles. The lowest BCUT2D eigenvalue weighted by molar-refractivity contribution is -0.139. The molecule has 0 bridgehead atoms. The molecule has 0 aliphatic rings. The normalized spacial score (nSPS) is 11.3. The van der Waals surface area contributed by atoms with Crippen LogP contribution < -0.4 is 0 Å². The van der Waals surface area contributed by atoms with Crippen molar-refractivity contribution in [1.82, 2.24) is 0 Å². The third kappa shape index (κ3) is 11.6. The van der Waals surface area contributed by atoms with E-state index in [4.69, 9.17) is 9.16 Å². The van der Waals surface area contributed by atoms with Gasteiger partial charge in [0.25, 0.3) is 0 Å². The fraction of sp³-hybridized carbons (Fsp3) is 0.769. The second kappa shape index (κ2) is 8.47. The van der Waals surface area contributed by atoms with Crippen molar-refractivity contribution in [2.45, 2.75) is 52.2 Å². The minimum absolute atomic E-state index is 0.285. The van der Waals surface area contributed by atoms with Crippen molar-refractivity contribution >= 4 is 14.3 Å². The summed E-state index contributed by atoms with van der Waals surface area (Å²) in [5.74, 6) is -0.285. The molecule has 0 rings (SSSR count). The van der Waals surface area contributed by atoms with Crippen molar-refractivity contribution in [3.05, 3.63) is 12.2 Å². The molecule has 4 heteroatoms. The van der Waals surface area contributed by atoms with Crippen LogP contribution in [-0.4, -0.2) is 27.5 Å². The number of ether oxygens (including phenoxy) is 1. The third-order valence-electron chi connectivity index (χ3n) is 2.16. The van der Waals surface area contributed by atoms with Crippen LogP contribution in [0.25, 0.3) is 0 Å². The lowest BCUT2D eigenvalue weighted by Crippen LogP contribution is -2.25. The topological polar surface area (TPSA) is 35.5 Å². The average Bonchev–Trinajstić information content (AvgIpc) is 2.19. The van der Waals surface area contributed by atoms with Gasteiger partial charge in [0.05, 0.1) is 6.61 Å². The van der Waals surface area contributed by atoms with Gasteiger partial charge in [-0.15, -0.1) is 0 Å². The minimum atomic E-state index is -1.34. The van der Waals surface area contributed by atoms with Crippen LogP contribution in [-0.2, 0) is 14.0 Å². The Hall–Kier alpha value is -0.613. The third-order valence-corrected chi connectivity index (χ3v) is 3.23. The Labute approximate surface area is 106 Å². The molecule has 0 aliphatic carbocycles. The molecule has 0 atom stereocenters. The molecular weight excluding hydrogens is 232 g/mol. The fourth-order valence-electron chi connectivity index (χ4n) is 1.22. The number of unbranched alkanes of at least 4 members (excludes halogenated alkanes) is 3. The molecule has 0 radical (unpaired) electrons. The van der Waals surface area contributed by atoms with E-state index >= 15 is 0 Å². The molecule has 0 spiro atoms. The zero-order valence-electron chi connectivity index (χ0n) is 11.7. The lowest BCUT2D eigenvalue weighted by atomic mass is 10.2. The maximum Gasteiger partial charge on any atom is 0.333 e. The van der Waals surface area contributed by atoms with E-state index in [1.807, 2.05) is 0 Å². The van der Waals surface area contributed by atoms with Gasteiger partial charge in [-0.2, -0.15) is 0 Å². The van der Waals surface area contributed by atoms with Crippen LogP contribution in [0.2, 0.25) is 19.6 Å². The quantitative estimate of drug-likeness (QED) is 0.275. The van der Waals surface area contributed by atoms with E-state index in [1.165, 1.54) is 0 Å². The summed E-state index contributed by atoms with van der Waals surface area (Å²) < 4.78 is 10.7. The first-order chi connectivity index (χ1) is 7.83. The summed E-state index contributed by atoms with van der Waals surface area (Å²) in [4.78, 5) is 11.1. The lowest BCUT2D eigenvalue weighted by Gasteiger charge is -2.16. The monoisotopic (exact) mass is 258 g/mol. The molecule has 0 aromatic carbocycles. The van der Waals surface area contributed by atoms with Gasteiger partial charge in [0.1, 0.15) is 0 Å². The van der Waals surface area contributed by atoms with Gasteiger partial charge in [-0.05, 0) is 45.8 Å². The van der Waals surface area contributed by atoms with Crippen LogP contribution in [0.4, 0.5) is 0 Å². The van der Waals surface area contributed by atoms with Crippen LogP contribution in [0.3, 0.4) is 0 Å². The Bertz CT molecular complexity index is 244. The van der Waals surface area contributed by atoms with E-state index in [0.717, 1.165) is 32.3 Å². The molecule has 0 fully saturated rings. The van der Waals surface area contributed by atoms with Crippen LogP contribution >= 0.6 is 0 Å². The Balaban J connectivity index is 3.25. The molecule has 0 unspecified atom stereocenters. The smallest absolute Gasteiger partial charge is 0.333 e. The van der Waals surface area contributed by atoms with E-state index in [9.17, 15) is 4.79 Å². The summed E-state index contributed by atoms with van der Waals surface area (Å²) in [6.45, 7) is 13.2. The summed E-state index contributed by atoms with van der Waals surface area (Å²) in [6.07, 6.45) is 4.23. The molecule has 0 heterocycles. The van der Waals surface area contributed by atoms with Crippen molar-refractivity contribution in [3.63, 3.8) is 0 Å². The van der Waals surface area contributed by atoms with Crippen LogP contribution in [0, 0.1) is 0 Å². The maximum absolute atomic E-state index is 11.1. The maximum atomic E-state index is 11.1. The Morgan fingerprint density at radius 3 is 2.06 bits per heavy atom. The van der Waals surface area contributed by atoms with Gasteiger partial charge in [-0.1, -0.05) is 13.0 Å². The Morgan fingerprint density at radius 1 is 1.06 bits per heavy atom. The first-order valence-corrected chi connectivity index (χ1v) is 9.70. The molecule has 0 N–H and O–H groups in total. The summed E-state index contributed by atoms with van der Waals surface area (Å²) >= 11 is 0. The molecule has 0 aromatic rings. The first kappa shape index (κ1) is 16.4. The van der Waals surface area contributed by atoms with E-state index < -0.39 is 8.32 Å². The van der Waals surface area contributed by atoms with Crippen molar-refractivity contribution in [3.8, 4) is 0 Å². The van der Waals surface area contributed by atoms with E-state index in [2.05, 4.69) is 26.2 Å². The summed E-state index contributed by atoms with van der Waals surface area (Å²) in [7, 11) is -1.34. The van der Waals surface area contributed by atoms with Gasteiger partial charge in [-0.25, -0.2) is 4.79 Å². The van der Waals surface area contributed by atoms with Crippen molar-refractivity contribution in [1.29, 1.82) is 0 Å². The Morgan fingerprint density at radius 2 is 1.59 bits per heavy atom. The molecule has 17 heavy (non-hydrogen) atoms. The van der Waals surface area contributed by atoms with Crippen molar-refractivity contribution < 1.29 is 14.0 Å². The number of rotatable bonds is 9. The number of hydrogen-bond acceptors (Lipinski definition) is 3. The predicted molar refractivity (Wildman–Crippen MR) is 73.5 cm³/mol. The van der Waals surface area contributed by atoms with Crippen LogP contribution in [0.15, 0.2) is 12.2 Å². The predicted octanol–water partition coefficient (Wildman–Crippen LogP) is 3.52. The molecule has 100 valence electrons. The summed E-state index contributed by atoms with van der Waals surface area (Å²) in [5, 5.41) is 0. The van der Waals surface area contributed by atoms with E-state index in [-0.39, 0.29) is 5.97 Å². The highest BCUT2D eigenvalue weighted by Crippen LogP contribution is 2.06. The fourth-order valence-corrected chi connectivity index (χ4v) is 1.98. The molecule has 0 saturated carbocycles. The second-order valence-corrected chi connectivity index (χ2v) is 9.80. The highest BCUT2D eigenvalue weighted by molar-refractivity contribution is 6.69. The Kier molecular flexibility index (Phi) is 8.17. The molecule has 0 aliphatic heterocycles. The zero-order valence-corrected chi connectivity index (χ0v) is 12.7.